The van der Waals surface area contributed by atoms with E-state index in [1.54, 1.807) is 43.6 Å². The van der Waals surface area contributed by atoms with Crippen molar-refractivity contribution in [1.82, 2.24) is 10.3 Å². The maximum absolute atomic E-state index is 12.8. The van der Waals surface area contributed by atoms with Crippen LogP contribution < -0.4 is 21.3 Å². The molecule has 0 spiro atoms. The first kappa shape index (κ1) is 22.7. The molecule has 10 heteroatoms. The Hall–Kier alpha value is -3.95. The first-order valence-electron chi connectivity index (χ1n) is 10.2. The number of nitrogens with two attached hydrogens (primary N) is 1. The lowest BCUT2D eigenvalue weighted by molar-refractivity contribution is -0.143. The number of pyridine rings is 1. The number of hydrogen-bond acceptors (Lipinski definition) is 6. The van der Waals surface area contributed by atoms with E-state index in [1.807, 2.05) is 6.07 Å². The van der Waals surface area contributed by atoms with Gasteiger partial charge in [0.15, 0.2) is 0 Å². The summed E-state index contributed by atoms with van der Waals surface area (Å²) >= 11 is 0. The zero-order valence-corrected chi connectivity index (χ0v) is 17.7. The summed E-state index contributed by atoms with van der Waals surface area (Å²) in [7, 11) is 0. The predicted molar refractivity (Wildman–Crippen MR) is 117 cm³/mol. The number of nitrogens with zero attached hydrogens (tertiary/aromatic N) is 2. The Labute approximate surface area is 185 Å². The van der Waals surface area contributed by atoms with Crippen LogP contribution in [0.2, 0.25) is 0 Å². The van der Waals surface area contributed by atoms with Crippen molar-refractivity contribution in [2.24, 2.45) is 5.73 Å². The molecule has 2 heterocycles. The van der Waals surface area contributed by atoms with Gasteiger partial charge in [0.2, 0.25) is 11.8 Å². The highest BCUT2D eigenvalue weighted by atomic mass is 16.5. The molecule has 1 aliphatic heterocycles. The van der Waals surface area contributed by atoms with Crippen LogP contribution in [0.25, 0.3) is 0 Å². The number of fused-ring (bicyclic) bond motifs is 1. The molecule has 1 aromatic carbocycles. The molecular formula is C22H25N5O5. The number of esters is 1. The lowest BCUT2D eigenvalue weighted by Crippen LogP contribution is -2.37. The minimum Gasteiger partial charge on any atom is -0.466 e. The van der Waals surface area contributed by atoms with Crippen LogP contribution in [0.15, 0.2) is 42.7 Å². The first-order chi connectivity index (χ1) is 15.4. The Bertz CT molecular complexity index is 1010. The highest BCUT2D eigenvalue weighted by Crippen LogP contribution is 2.31. The summed E-state index contributed by atoms with van der Waals surface area (Å²) in [6.45, 7) is 2.36. The predicted octanol–water partition coefficient (Wildman–Crippen LogP) is 1.66. The fourth-order valence-corrected chi connectivity index (χ4v) is 3.56. The van der Waals surface area contributed by atoms with Gasteiger partial charge < -0.3 is 26.0 Å². The summed E-state index contributed by atoms with van der Waals surface area (Å²) in [5.74, 6) is -1.37. The molecule has 0 radical (unpaired) electrons. The molecule has 32 heavy (non-hydrogen) atoms. The van der Waals surface area contributed by atoms with Crippen molar-refractivity contribution in [3.63, 3.8) is 0 Å². The van der Waals surface area contributed by atoms with Crippen LogP contribution in [0, 0.1) is 0 Å². The minimum atomic E-state index is -0.705. The van der Waals surface area contributed by atoms with E-state index < -0.39 is 36.3 Å². The van der Waals surface area contributed by atoms with Gasteiger partial charge in [0.1, 0.15) is 6.42 Å². The second kappa shape index (κ2) is 10.4. The van der Waals surface area contributed by atoms with Gasteiger partial charge in [0.05, 0.1) is 19.1 Å². The molecule has 0 fully saturated rings. The number of rotatable bonds is 8. The van der Waals surface area contributed by atoms with Crippen LogP contribution in [-0.2, 0) is 25.5 Å². The number of hydrogen-bond donors (Lipinski definition) is 3. The third-order valence-corrected chi connectivity index (χ3v) is 4.96. The van der Waals surface area contributed by atoms with Crippen molar-refractivity contribution in [3.8, 4) is 0 Å². The van der Waals surface area contributed by atoms with E-state index in [2.05, 4.69) is 15.6 Å². The molecule has 0 saturated heterocycles. The molecule has 3 rings (SSSR count). The number of aromatic nitrogens is 1. The molecule has 4 N–H and O–H groups in total. The highest BCUT2D eigenvalue weighted by molar-refractivity contribution is 6.06. The van der Waals surface area contributed by atoms with Crippen molar-refractivity contribution in [1.29, 1.82) is 0 Å². The molecule has 0 saturated carbocycles. The fourth-order valence-electron chi connectivity index (χ4n) is 3.56. The number of amides is 4. The lowest BCUT2D eigenvalue weighted by atomic mass is 10.1. The van der Waals surface area contributed by atoms with E-state index in [0.29, 0.717) is 29.9 Å². The second-order valence-electron chi connectivity index (χ2n) is 7.22. The van der Waals surface area contributed by atoms with Crippen LogP contribution in [-0.4, -0.2) is 42.0 Å². The van der Waals surface area contributed by atoms with Crippen molar-refractivity contribution in [3.05, 3.63) is 53.9 Å². The standard InChI is InChI=1S/C22H25N5O5/c1-2-32-21(30)11-17(15-4-3-8-24-13-15)26-19(28)12-20(29)27-9-7-14-5-6-16(10-18(14)27)25-22(23)31/h3-6,8,10,13,17H,2,7,9,11-12H2,1H3,(H,26,28)(H3,23,25,31). The van der Waals surface area contributed by atoms with Gasteiger partial charge in [-0.25, -0.2) is 4.79 Å². The van der Waals surface area contributed by atoms with Crippen molar-refractivity contribution in [2.45, 2.75) is 32.2 Å². The molecule has 0 aliphatic carbocycles. The Morgan fingerprint density at radius 3 is 2.75 bits per heavy atom. The smallest absolute Gasteiger partial charge is 0.316 e. The minimum absolute atomic E-state index is 0.0752. The number of anilines is 2. The maximum Gasteiger partial charge on any atom is 0.316 e. The Morgan fingerprint density at radius 2 is 2.06 bits per heavy atom. The van der Waals surface area contributed by atoms with Gasteiger partial charge in [0.25, 0.3) is 0 Å². The summed E-state index contributed by atoms with van der Waals surface area (Å²) in [4.78, 5) is 54.1. The molecule has 4 amide bonds. The first-order valence-corrected chi connectivity index (χ1v) is 10.2. The number of nitrogens with one attached hydrogen (secondary N) is 2. The summed E-state index contributed by atoms with van der Waals surface area (Å²) < 4.78 is 4.99. The molecule has 1 aromatic heterocycles. The molecule has 168 valence electrons. The SMILES string of the molecule is CCOC(=O)CC(NC(=O)CC(=O)N1CCc2ccc(NC(N)=O)cc21)c1cccnc1. The van der Waals surface area contributed by atoms with Gasteiger partial charge >= 0.3 is 12.0 Å². The second-order valence-corrected chi connectivity index (χ2v) is 7.22. The van der Waals surface area contributed by atoms with Crippen molar-refractivity contribution >= 4 is 35.2 Å². The Kier molecular flexibility index (Phi) is 7.37. The van der Waals surface area contributed by atoms with Crippen LogP contribution >= 0.6 is 0 Å². The molecule has 1 atom stereocenters. The fraction of sp³-hybridized carbons (Fsp3) is 0.318. The summed E-state index contributed by atoms with van der Waals surface area (Å²) in [6, 6.07) is 7.24. The average molecular weight is 439 g/mol. The number of urea groups is 1. The van der Waals surface area contributed by atoms with Gasteiger partial charge in [-0.05, 0) is 42.7 Å². The zero-order chi connectivity index (χ0) is 23.1. The number of benzene rings is 1. The van der Waals surface area contributed by atoms with E-state index in [9.17, 15) is 19.2 Å². The quantitative estimate of drug-likeness (QED) is 0.422. The third-order valence-electron chi connectivity index (χ3n) is 4.96. The number of carbonyl (C=O) groups excluding carboxylic acids is 4. The maximum atomic E-state index is 12.8. The van der Waals surface area contributed by atoms with Gasteiger partial charge in [-0.1, -0.05) is 12.1 Å². The van der Waals surface area contributed by atoms with Gasteiger partial charge in [0, 0.05) is 30.3 Å². The van der Waals surface area contributed by atoms with Gasteiger partial charge in [-0.15, -0.1) is 0 Å². The number of carbonyl (C=O) groups is 4. The molecule has 10 nitrogen and oxygen atoms in total. The van der Waals surface area contributed by atoms with E-state index >= 15 is 0 Å². The largest absolute Gasteiger partial charge is 0.466 e. The molecule has 1 unspecified atom stereocenters. The van der Waals surface area contributed by atoms with E-state index in [-0.39, 0.29) is 13.0 Å². The third kappa shape index (κ3) is 5.81. The Morgan fingerprint density at radius 1 is 1.25 bits per heavy atom. The van der Waals surface area contributed by atoms with Crippen LogP contribution in [0.5, 0.6) is 0 Å². The summed E-state index contributed by atoms with van der Waals surface area (Å²) in [6.07, 6.45) is 3.31. The summed E-state index contributed by atoms with van der Waals surface area (Å²) in [5, 5.41) is 5.22. The monoisotopic (exact) mass is 439 g/mol. The van der Waals surface area contributed by atoms with Crippen molar-refractivity contribution < 1.29 is 23.9 Å². The van der Waals surface area contributed by atoms with E-state index in [4.69, 9.17) is 10.5 Å². The summed E-state index contributed by atoms with van der Waals surface area (Å²) in [5.41, 5.74) is 7.82. The average Bonchev–Trinajstić information content (AvgIpc) is 3.17. The zero-order valence-electron chi connectivity index (χ0n) is 17.7. The normalized spacial score (nSPS) is 13.1. The number of primary amides is 1. The van der Waals surface area contributed by atoms with Crippen molar-refractivity contribution in [2.75, 3.05) is 23.4 Å². The topological polar surface area (TPSA) is 144 Å². The number of ether oxygens (including phenoxy) is 1. The van der Waals surface area contributed by atoms with Gasteiger partial charge in [-0.3, -0.25) is 19.4 Å². The van der Waals surface area contributed by atoms with Gasteiger partial charge in [-0.2, -0.15) is 0 Å². The Balaban J connectivity index is 1.68. The molecule has 2 aromatic rings. The highest BCUT2D eigenvalue weighted by Gasteiger charge is 2.28. The molecule has 1 aliphatic rings. The van der Waals surface area contributed by atoms with E-state index in [0.717, 1.165) is 5.56 Å². The van der Waals surface area contributed by atoms with E-state index in [1.165, 1.54) is 4.90 Å². The molecule has 0 bridgehead atoms. The van der Waals surface area contributed by atoms with Crippen LogP contribution in [0.3, 0.4) is 0 Å². The molecular weight excluding hydrogens is 414 g/mol. The van der Waals surface area contributed by atoms with Crippen LogP contribution in [0.4, 0.5) is 16.2 Å². The van der Waals surface area contributed by atoms with Crippen LogP contribution in [0.1, 0.15) is 36.9 Å². The lowest BCUT2D eigenvalue weighted by Gasteiger charge is -2.20.